The van der Waals surface area contributed by atoms with Crippen molar-refractivity contribution in [2.24, 2.45) is 141 Å². The van der Waals surface area contributed by atoms with Crippen LogP contribution < -0.4 is 0 Å². The summed E-state index contributed by atoms with van der Waals surface area (Å²) in [5.41, 5.74) is 16.0. The fraction of sp³-hybridized carbons (Fsp3) is 0.615. The second kappa shape index (κ2) is 7.14. The molecule has 0 radical (unpaired) electrons. The fourth-order valence-corrected chi connectivity index (χ4v) is 25.0. The molecule has 24 atom stereocenters. The lowest BCUT2D eigenvalue weighted by molar-refractivity contribution is -0.153. The third-order valence-corrected chi connectivity index (χ3v) is 24.1. The van der Waals surface area contributed by atoms with Crippen molar-refractivity contribution in [1.29, 1.82) is 0 Å². The molecule has 0 aromatic heterocycles. The topological polar surface area (TPSA) is 0 Å². The Balaban J connectivity index is 1.02. The third kappa shape index (κ3) is 1.94. The minimum absolute atomic E-state index is 0.217. The van der Waals surface area contributed by atoms with Gasteiger partial charge in [0.2, 0.25) is 0 Å². The standard InChI is InChI=1S/C52H48/c1-2-4-21-19(3-1)5-6-20-17-51-31-15-16-32-29-14-12-27-25-10-8-23-22-7-9-24-26-11-13-28(31)39-37(26)42-35(24)33(22)41-34(23)36(25)43-38(27)40(29)50(52(32,51)18-30(20)21)48-46(43)44(41)45(42)47(48)49(39)51/h1-6,12,14-16,22-27,33-39,41-49H,7-11,13,17-18H2. The van der Waals surface area contributed by atoms with Gasteiger partial charge in [0.05, 0.1) is 0 Å². The van der Waals surface area contributed by atoms with Gasteiger partial charge in [-0.2, -0.15) is 0 Å². The maximum absolute atomic E-state index is 2.92. The van der Waals surface area contributed by atoms with Crippen LogP contribution in [0.5, 0.6) is 0 Å². The molecule has 0 saturated heterocycles. The maximum atomic E-state index is 2.92. The summed E-state index contributed by atoms with van der Waals surface area (Å²) in [6, 6.07) is 14.8. The number of rotatable bonds is 0. The maximum Gasteiger partial charge on any atom is 0.0320 e. The normalized spacial score (nSPS) is 64.5. The molecule has 11 saturated carbocycles. The summed E-state index contributed by atoms with van der Waals surface area (Å²) in [5.74, 6) is 22.9. The van der Waals surface area contributed by atoms with E-state index in [1.165, 1.54) is 24.6 Å². The van der Waals surface area contributed by atoms with E-state index in [1.807, 2.05) is 16.7 Å². The lowest BCUT2D eigenvalue weighted by Gasteiger charge is -2.69. The molecule has 2 spiro atoms. The van der Waals surface area contributed by atoms with Gasteiger partial charge in [-0.1, -0.05) is 71.8 Å². The molecule has 2 aromatic carbocycles. The summed E-state index contributed by atoms with van der Waals surface area (Å²) in [4.78, 5) is 0. The zero-order chi connectivity index (χ0) is 32.2. The molecular formula is C52H48. The predicted octanol–water partition coefficient (Wildman–Crippen LogP) is 10.0. The molecule has 0 N–H and O–H groups in total. The molecule has 17 aliphatic carbocycles. The van der Waals surface area contributed by atoms with E-state index in [2.05, 4.69) is 77.4 Å². The minimum Gasteiger partial charge on any atom is -0.0799 e. The van der Waals surface area contributed by atoms with Gasteiger partial charge in [0, 0.05) is 10.8 Å². The highest BCUT2D eigenvalue weighted by Gasteiger charge is 2.89. The molecule has 19 rings (SSSR count). The highest BCUT2D eigenvalue weighted by Crippen LogP contribution is 2.94. The Morgan fingerprint density at radius 3 is 2.13 bits per heavy atom. The van der Waals surface area contributed by atoms with Gasteiger partial charge in [0.15, 0.2) is 0 Å². The Morgan fingerprint density at radius 1 is 0.538 bits per heavy atom. The Bertz CT molecular complexity index is 2460. The van der Waals surface area contributed by atoms with Gasteiger partial charge in [-0.25, -0.2) is 0 Å². The van der Waals surface area contributed by atoms with Crippen LogP contribution in [0.3, 0.4) is 0 Å². The fourth-order valence-electron chi connectivity index (χ4n) is 25.0. The van der Waals surface area contributed by atoms with Crippen LogP contribution in [0.4, 0.5) is 0 Å². The van der Waals surface area contributed by atoms with E-state index >= 15 is 0 Å². The first-order valence-corrected chi connectivity index (χ1v) is 22.9. The van der Waals surface area contributed by atoms with Crippen LogP contribution in [0.15, 0.2) is 94.1 Å². The van der Waals surface area contributed by atoms with Crippen LogP contribution >= 0.6 is 0 Å². The van der Waals surface area contributed by atoms with Crippen molar-refractivity contribution in [3.63, 3.8) is 0 Å². The summed E-state index contributed by atoms with van der Waals surface area (Å²) >= 11 is 0. The minimum atomic E-state index is 0.217. The van der Waals surface area contributed by atoms with Gasteiger partial charge in [0.25, 0.3) is 0 Å². The summed E-state index contributed by atoms with van der Waals surface area (Å²) in [6.45, 7) is 0. The van der Waals surface area contributed by atoms with E-state index in [-0.39, 0.29) is 5.41 Å². The molecule has 24 unspecified atom stereocenters. The molecule has 0 heterocycles. The second-order valence-corrected chi connectivity index (χ2v) is 23.1. The average Bonchev–Trinajstić information content (AvgIpc) is 3.99. The molecule has 17 aliphatic rings. The molecule has 0 nitrogen and oxygen atoms in total. The van der Waals surface area contributed by atoms with Crippen molar-refractivity contribution < 1.29 is 0 Å². The van der Waals surface area contributed by atoms with Crippen molar-refractivity contribution >= 4 is 10.8 Å². The van der Waals surface area contributed by atoms with E-state index in [0.29, 0.717) is 5.41 Å². The summed E-state index contributed by atoms with van der Waals surface area (Å²) in [7, 11) is 0. The highest BCUT2D eigenvalue weighted by atomic mass is 14.9. The van der Waals surface area contributed by atoms with E-state index in [4.69, 9.17) is 0 Å². The number of hydrogen-bond donors (Lipinski definition) is 0. The quantitative estimate of drug-likeness (QED) is 0.261. The van der Waals surface area contributed by atoms with Gasteiger partial charge in [-0.3, -0.25) is 0 Å². The molecule has 2 aromatic rings. The molecule has 11 fully saturated rings. The number of benzene rings is 2. The Morgan fingerprint density at radius 2 is 1.25 bits per heavy atom. The van der Waals surface area contributed by atoms with Crippen LogP contribution in [-0.2, 0) is 12.8 Å². The largest absolute Gasteiger partial charge is 0.0799 e. The van der Waals surface area contributed by atoms with Crippen LogP contribution in [0.25, 0.3) is 10.8 Å². The highest BCUT2D eigenvalue weighted by molar-refractivity contribution is 5.88. The Hall–Kier alpha value is -2.60. The molecular weight excluding hydrogens is 625 g/mol. The summed E-state index contributed by atoms with van der Waals surface area (Å²) in [5, 5.41) is 3.08. The molecule has 0 heteroatoms. The number of fused-ring (bicyclic) bond motifs is 6. The first-order valence-electron chi connectivity index (χ1n) is 22.9. The average molecular weight is 673 g/mol. The smallest absolute Gasteiger partial charge is 0.0320 e. The van der Waals surface area contributed by atoms with Crippen LogP contribution in [0.2, 0.25) is 0 Å². The van der Waals surface area contributed by atoms with Crippen molar-refractivity contribution in [3.8, 4) is 0 Å². The molecule has 0 amide bonds. The summed E-state index contributed by atoms with van der Waals surface area (Å²) < 4.78 is 0. The molecule has 52 heavy (non-hydrogen) atoms. The zero-order valence-electron chi connectivity index (χ0n) is 30.1. The van der Waals surface area contributed by atoms with Gasteiger partial charge in [0.1, 0.15) is 0 Å². The Labute approximate surface area is 307 Å². The lowest BCUT2D eigenvalue weighted by Crippen LogP contribution is -2.65. The van der Waals surface area contributed by atoms with Crippen LogP contribution in [0, 0.1) is 141 Å². The van der Waals surface area contributed by atoms with Crippen molar-refractivity contribution in [1.82, 2.24) is 0 Å². The predicted molar refractivity (Wildman–Crippen MR) is 200 cm³/mol. The monoisotopic (exact) mass is 672 g/mol. The van der Waals surface area contributed by atoms with E-state index in [9.17, 15) is 0 Å². The van der Waals surface area contributed by atoms with Crippen LogP contribution in [0.1, 0.15) is 49.7 Å². The van der Waals surface area contributed by atoms with E-state index < -0.39 is 0 Å². The molecule has 0 bridgehead atoms. The van der Waals surface area contributed by atoms with Crippen molar-refractivity contribution in [2.75, 3.05) is 0 Å². The first-order chi connectivity index (χ1) is 25.8. The Kier molecular flexibility index (Phi) is 3.50. The summed E-state index contributed by atoms with van der Waals surface area (Å²) in [6.07, 6.45) is 23.7. The SMILES string of the molecule is C1=CC2C3CCC4C5CCC6C7CCC8=C9C=CC%10=C1C1=C%11C%12C%13C(C12)C3C4C1C5C6C2C7C8C(C%12C2C%131)C91Cc2ccc3ccccc3c2CC%10%111. The van der Waals surface area contributed by atoms with Gasteiger partial charge >= 0.3 is 0 Å². The van der Waals surface area contributed by atoms with Crippen LogP contribution in [-0.4, -0.2) is 0 Å². The van der Waals surface area contributed by atoms with Gasteiger partial charge in [-0.15, -0.1) is 0 Å². The molecule has 0 aliphatic heterocycles. The van der Waals surface area contributed by atoms with Gasteiger partial charge in [-0.05, 0) is 226 Å². The third-order valence-electron chi connectivity index (χ3n) is 24.1. The van der Waals surface area contributed by atoms with Crippen molar-refractivity contribution in [2.45, 2.75) is 51.4 Å². The van der Waals surface area contributed by atoms with Crippen molar-refractivity contribution in [3.05, 3.63) is 105 Å². The number of allylic oxidation sites excluding steroid dienone is 10. The lowest BCUT2D eigenvalue weighted by atomic mass is 9.33. The zero-order valence-corrected chi connectivity index (χ0v) is 30.1. The van der Waals surface area contributed by atoms with E-state index in [0.717, 1.165) is 130 Å². The van der Waals surface area contributed by atoms with E-state index in [1.54, 1.807) is 48.6 Å². The second-order valence-electron chi connectivity index (χ2n) is 23.1. The number of hydrogen-bond acceptors (Lipinski definition) is 0. The first kappa shape index (κ1) is 25.5. The molecule has 256 valence electrons. The van der Waals surface area contributed by atoms with Gasteiger partial charge < -0.3 is 0 Å².